The van der Waals surface area contributed by atoms with Crippen LogP contribution < -0.4 is 0 Å². The predicted molar refractivity (Wildman–Crippen MR) is 121 cm³/mol. The second-order valence-corrected chi connectivity index (χ2v) is 7.42. The second kappa shape index (κ2) is 11.6. The summed E-state index contributed by atoms with van der Waals surface area (Å²) in [6.07, 6.45) is 2.88. The summed E-state index contributed by atoms with van der Waals surface area (Å²) in [5.41, 5.74) is 3.95. The fourth-order valence-electron chi connectivity index (χ4n) is 3.42. The summed E-state index contributed by atoms with van der Waals surface area (Å²) in [4.78, 5) is 19.5. The fraction of sp³-hybridized carbons (Fsp3) is 0.348. The van der Waals surface area contributed by atoms with E-state index in [1.54, 1.807) is 0 Å². The molecule has 1 aromatic heterocycles. The van der Waals surface area contributed by atoms with Crippen LogP contribution in [-0.4, -0.2) is 56.2 Å². The third kappa shape index (κ3) is 6.37. The van der Waals surface area contributed by atoms with Crippen LogP contribution in [0, 0.1) is 5.21 Å². The fourth-order valence-corrected chi connectivity index (χ4v) is 3.42. The number of H-pyrrole nitrogens is 1. The number of hydrogen-bond acceptors (Lipinski definition) is 6. The van der Waals surface area contributed by atoms with Crippen LogP contribution in [0.15, 0.2) is 48.5 Å². The molecule has 0 atom stereocenters. The first-order chi connectivity index (χ1) is 15.6. The Balaban J connectivity index is 1.72. The molecule has 0 spiro atoms. The van der Waals surface area contributed by atoms with Crippen LogP contribution in [0.3, 0.4) is 0 Å². The zero-order chi connectivity index (χ0) is 22.8. The van der Waals surface area contributed by atoms with Crippen molar-refractivity contribution in [1.82, 2.24) is 25.5 Å². The lowest BCUT2D eigenvalue weighted by molar-refractivity contribution is -0.735. The largest absolute Gasteiger partial charge is 0.404 e. The smallest absolute Gasteiger partial charge is 0.222 e. The van der Waals surface area contributed by atoms with Crippen molar-refractivity contribution in [3.05, 3.63) is 59.3 Å². The number of benzene rings is 2. The van der Waals surface area contributed by atoms with Crippen molar-refractivity contribution in [2.24, 2.45) is 0 Å². The molecule has 9 nitrogen and oxygen atoms in total. The number of rotatable bonds is 12. The monoisotopic (exact) mass is 436 g/mol. The van der Waals surface area contributed by atoms with E-state index in [1.807, 2.05) is 53.4 Å². The highest BCUT2D eigenvalue weighted by atomic mass is 16.9. The first kappa shape index (κ1) is 22.9. The third-order valence-electron chi connectivity index (χ3n) is 5.06. The van der Waals surface area contributed by atoms with Crippen LogP contribution in [0.25, 0.3) is 22.5 Å². The predicted octanol–water partition coefficient (Wildman–Crippen LogP) is 3.59. The lowest BCUT2D eigenvalue weighted by Gasteiger charge is -2.23. The van der Waals surface area contributed by atoms with E-state index in [4.69, 9.17) is 4.84 Å². The van der Waals surface area contributed by atoms with E-state index < -0.39 is 0 Å². The summed E-state index contributed by atoms with van der Waals surface area (Å²) in [7, 11) is 0. The van der Waals surface area contributed by atoms with Crippen molar-refractivity contribution < 1.29 is 14.5 Å². The summed E-state index contributed by atoms with van der Waals surface area (Å²) >= 11 is 0. The Morgan fingerprint density at radius 3 is 2.56 bits per heavy atom. The van der Waals surface area contributed by atoms with Gasteiger partial charge in [-0.15, -0.1) is 10.2 Å². The van der Waals surface area contributed by atoms with Gasteiger partial charge in [-0.05, 0) is 34.7 Å². The van der Waals surface area contributed by atoms with Gasteiger partial charge in [-0.3, -0.25) is 10.0 Å². The minimum Gasteiger partial charge on any atom is -0.404 e. The minimum atomic E-state index is 0.104. The van der Waals surface area contributed by atoms with Crippen LogP contribution in [0.1, 0.15) is 38.2 Å². The molecular weight excluding hydrogens is 408 g/mol. The molecule has 0 bridgehead atoms. The number of aromatic amines is 1. The van der Waals surface area contributed by atoms with E-state index in [2.05, 4.69) is 34.3 Å². The Morgan fingerprint density at radius 1 is 1.16 bits per heavy atom. The van der Waals surface area contributed by atoms with Gasteiger partial charge in [0.2, 0.25) is 11.7 Å². The molecule has 2 aromatic carbocycles. The van der Waals surface area contributed by atoms with Gasteiger partial charge in [0.15, 0.2) is 6.72 Å². The summed E-state index contributed by atoms with van der Waals surface area (Å²) in [6.45, 7) is 6.41. The Kier molecular flexibility index (Phi) is 8.30. The molecule has 3 rings (SSSR count). The molecule has 0 fully saturated rings. The van der Waals surface area contributed by atoms with Crippen molar-refractivity contribution in [2.75, 3.05) is 13.2 Å². The van der Waals surface area contributed by atoms with Crippen molar-refractivity contribution in [3.63, 3.8) is 0 Å². The van der Waals surface area contributed by atoms with E-state index in [-0.39, 0.29) is 17.4 Å². The van der Waals surface area contributed by atoms with E-state index >= 15 is 0 Å². The normalized spacial score (nSPS) is 10.7. The second-order valence-electron chi connectivity index (χ2n) is 7.42. The molecule has 0 radical (unpaired) electrons. The van der Waals surface area contributed by atoms with Gasteiger partial charge in [0.25, 0.3) is 0 Å². The average Bonchev–Trinajstić information content (AvgIpc) is 3.34. The molecule has 3 aromatic rings. The molecule has 1 N–H and O–H groups in total. The molecule has 0 saturated carbocycles. The Labute approximate surface area is 187 Å². The molecule has 168 valence electrons. The van der Waals surface area contributed by atoms with Crippen molar-refractivity contribution in [2.45, 2.75) is 39.2 Å². The van der Waals surface area contributed by atoms with Crippen molar-refractivity contribution in [1.29, 1.82) is 0 Å². The average molecular weight is 437 g/mol. The lowest BCUT2D eigenvalue weighted by atomic mass is 9.98. The number of tetrazole rings is 1. The van der Waals surface area contributed by atoms with Crippen LogP contribution in [0.2, 0.25) is 0 Å². The highest BCUT2D eigenvalue weighted by molar-refractivity contribution is 5.80. The van der Waals surface area contributed by atoms with Crippen molar-refractivity contribution >= 4 is 12.6 Å². The molecule has 0 aliphatic rings. The topological polar surface area (TPSA) is 110 Å². The number of aromatic nitrogens is 4. The highest BCUT2D eigenvalue weighted by Gasteiger charge is 2.14. The summed E-state index contributed by atoms with van der Waals surface area (Å²) in [6, 6.07) is 16.0. The van der Waals surface area contributed by atoms with Gasteiger partial charge < -0.3 is 9.74 Å². The van der Waals surface area contributed by atoms with Gasteiger partial charge in [-0.1, -0.05) is 61.9 Å². The number of nitrogens with one attached hydrogen (secondary N) is 1. The van der Waals surface area contributed by atoms with Crippen LogP contribution in [0.5, 0.6) is 0 Å². The van der Waals surface area contributed by atoms with Crippen LogP contribution >= 0.6 is 0 Å². The van der Waals surface area contributed by atoms with E-state index in [1.165, 1.54) is 0 Å². The molecule has 1 heterocycles. The van der Waals surface area contributed by atoms with Gasteiger partial charge in [0.1, 0.15) is 0 Å². The van der Waals surface area contributed by atoms with E-state index in [0.717, 1.165) is 35.1 Å². The summed E-state index contributed by atoms with van der Waals surface area (Å²) in [5.74, 6) is 0.644. The number of hydrogen-bond donors (Lipinski definition) is 1. The summed E-state index contributed by atoms with van der Waals surface area (Å²) in [5, 5.41) is 25.1. The lowest BCUT2D eigenvalue weighted by Crippen LogP contribution is -2.32. The van der Waals surface area contributed by atoms with Gasteiger partial charge in [-0.25, -0.2) is 0 Å². The SMILES string of the molecule is C=[N+]([O-])OCCCN(Cc1ccc(-c2ccccc2-c2nn[nH]n2)cc1)C(=O)CCCC. The molecule has 32 heavy (non-hydrogen) atoms. The summed E-state index contributed by atoms with van der Waals surface area (Å²) < 4.78 is 0. The molecule has 9 heteroatoms. The van der Waals surface area contributed by atoms with Crippen LogP contribution in [0.4, 0.5) is 0 Å². The van der Waals surface area contributed by atoms with Crippen molar-refractivity contribution in [3.8, 4) is 22.5 Å². The maximum absolute atomic E-state index is 12.7. The quantitative estimate of drug-likeness (QED) is 0.201. The third-order valence-corrected chi connectivity index (χ3v) is 5.06. The first-order valence-corrected chi connectivity index (χ1v) is 10.7. The zero-order valence-corrected chi connectivity index (χ0v) is 18.2. The Hall–Kier alpha value is -3.75. The number of carbonyl (C=O) groups is 1. The Morgan fingerprint density at radius 2 is 1.91 bits per heavy atom. The van der Waals surface area contributed by atoms with E-state index in [0.29, 0.717) is 31.8 Å². The van der Waals surface area contributed by atoms with Gasteiger partial charge in [0.05, 0.1) is 6.61 Å². The minimum absolute atomic E-state index is 0.104. The maximum atomic E-state index is 12.7. The molecule has 1 amide bonds. The van der Waals surface area contributed by atoms with Gasteiger partial charge in [0, 0.05) is 30.0 Å². The highest BCUT2D eigenvalue weighted by Crippen LogP contribution is 2.29. The zero-order valence-electron chi connectivity index (χ0n) is 18.2. The number of unbranched alkanes of at least 4 members (excludes halogenated alkanes) is 1. The van der Waals surface area contributed by atoms with Crippen LogP contribution in [-0.2, 0) is 16.2 Å². The van der Waals surface area contributed by atoms with Gasteiger partial charge in [-0.2, -0.15) is 5.21 Å². The molecule has 0 unspecified atom stereocenters. The number of carbonyl (C=O) groups excluding carboxylic acids is 1. The molecule has 0 aliphatic heterocycles. The molecule has 0 aliphatic carbocycles. The first-order valence-electron chi connectivity index (χ1n) is 10.7. The Bertz CT molecular complexity index is 1000. The standard InChI is InChI=1S/C23H28N6O3/c1-3-4-10-22(30)29(15-7-16-32-28(2)31)17-18-11-13-19(14-12-18)20-8-5-6-9-21(20)23-24-26-27-25-23/h5-6,8-9,11-14H,2-4,7,10,15-17H2,1H3,(H,24,25,26,27). The van der Waals surface area contributed by atoms with Gasteiger partial charge >= 0.3 is 0 Å². The molecule has 0 saturated heterocycles. The van der Waals surface area contributed by atoms with E-state index in [9.17, 15) is 10.0 Å². The maximum Gasteiger partial charge on any atom is 0.222 e. The number of nitrogens with zero attached hydrogens (tertiary/aromatic N) is 5. The number of amides is 1. The molecular formula is C23H28N6O3.